The first-order chi connectivity index (χ1) is 14.0. The van der Waals surface area contributed by atoms with Crippen molar-refractivity contribution in [3.8, 4) is 5.75 Å². The first-order valence-electron chi connectivity index (χ1n) is 8.26. The summed E-state index contributed by atoms with van der Waals surface area (Å²) >= 11 is 0. The normalized spacial score (nSPS) is 13.1. The highest BCUT2D eigenvalue weighted by molar-refractivity contribution is 5.92. The largest absolute Gasteiger partial charge is 0.466 e. The molecular formula is C19H16F3NO7. The smallest absolute Gasteiger partial charge is 0.417 e. The number of benzene rings is 2. The fourth-order valence-electron chi connectivity index (χ4n) is 2.70. The van der Waals surface area contributed by atoms with Gasteiger partial charge in [-0.05, 0) is 6.92 Å². The molecule has 2 rings (SSSR count). The van der Waals surface area contributed by atoms with Crippen LogP contribution in [-0.2, 0) is 26.0 Å². The molecule has 0 aliphatic rings. The zero-order valence-corrected chi connectivity index (χ0v) is 16.0. The van der Waals surface area contributed by atoms with Gasteiger partial charge < -0.3 is 14.2 Å². The lowest BCUT2D eigenvalue weighted by Crippen LogP contribution is -2.40. The lowest BCUT2D eigenvalue weighted by atomic mass is 9.95. The molecule has 0 amide bonds. The molecule has 0 spiro atoms. The molecular weight excluding hydrogens is 411 g/mol. The average molecular weight is 427 g/mol. The van der Waals surface area contributed by atoms with Crippen molar-refractivity contribution in [3.63, 3.8) is 0 Å². The molecule has 0 unspecified atom stereocenters. The molecule has 0 saturated carbocycles. The van der Waals surface area contributed by atoms with E-state index in [1.165, 1.54) is 31.2 Å². The number of rotatable bonds is 6. The molecule has 0 aliphatic carbocycles. The average Bonchev–Trinajstić information content (AvgIpc) is 2.71. The first kappa shape index (κ1) is 22.7. The predicted molar refractivity (Wildman–Crippen MR) is 95.9 cm³/mol. The van der Waals surface area contributed by atoms with E-state index < -0.39 is 51.2 Å². The summed E-state index contributed by atoms with van der Waals surface area (Å²) in [7, 11) is 1.87. The van der Waals surface area contributed by atoms with E-state index in [-0.39, 0.29) is 11.6 Å². The molecule has 11 heteroatoms. The molecule has 2 aromatic rings. The van der Waals surface area contributed by atoms with Crippen LogP contribution in [0.2, 0.25) is 0 Å². The van der Waals surface area contributed by atoms with Gasteiger partial charge in [-0.25, -0.2) is 9.59 Å². The van der Waals surface area contributed by atoms with Crippen molar-refractivity contribution in [3.05, 3.63) is 69.3 Å². The zero-order valence-electron chi connectivity index (χ0n) is 16.0. The molecule has 1 atom stereocenters. The topological polar surface area (TPSA) is 105 Å². The summed E-state index contributed by atoms with van der Waals surface area (Å²) in [6.45, 7) is 1.19. The minimum Gasteiger partial charge on any atom is -0.466 e. The fourth-order valence-corrected chi connectivity index (χ4v) is 2.70. The lowest BCUT2D eigenvalue weighted by molar-refractivity contribution is -0.386. The third kappa shape index (κ3) is 4.34. The number of halogens is 3. The van der Waals surface area contributed by atoms with Gasteiger partial charge in [-0.2, -0.15) is 13.2 Å². The zero-order chi connectivity index (χ0) is 22.7. The number of methoxy groups -OCH3 is 2. The monoisotopic (exact) mass is 427 g/mol. The maximum Gasteiger partial charge on any atom is 0.417 e. The second-order valence-electron chi connectivity index (χ2n) is 6.10. The van der Waals surface area contributed by atoms with Crippen molar-refractivity contribution in [2.45, 2.75) is 18.7 Å². The molecule has 0 fully saturated rings. The van der Waals surface area contributed by atoms with Crippen LogP contribution in [0, 0.1) is 10.1 Å². The van der Waals surface area contributed by atoms with Crippen LogP contribution >= 0.6 is 0 Å². The summed E-state index contributed by atoms with van der Waals surface area (Å²) < 4.78 is 55.0. The Morgan fingerprint density at radius 3 is 2.10 bits per heavy atom. The Hall–Kier alpha value is -3.63. The third-order valence-corrected chi connectivity index (χ3v) is 4.22. The van der Waals surface area contributed by atoms with Gasteiger partial charge in [-0.15, -0.1) is 0 Å². The number of alkyl halides is 3. The Balaban J connectivity index is 2.76. The van der Waals surface area contributed by atoms with Crippen LogP contribution in [-0.4, -0.2) is 31.1 Å². The molecule has 0 aromatic heterocycles. The van der Waals surface area contributed by atoms with E-state index in [0.717, 1.165) is 14.2 Å². The van der Waals surface area contributed by atoms with E-state index in [4.69, 9.17) is 4.74 Å². The number of nitro benzene ring substituents is 1. The molecule has 8 nitrogen and oxygen atoms in total. The maximum absolute atomic E-state index is 13.5. The van der Waals surface area contributed by atoms with Crippen LogP contribution in [0.15, 0.2) is 42.5 Å². The van der Waals surface area contributed by atoms with E-state index in [1.54, 1.807) is 6.07 Å². The van der Waals surface area contributed by atoms with Crippen molar-refractivity contribution in [1.82, 2.24) is 0 Å². The van der Waals surface area contributed by atoms with Gasteiger partial charge in [0.1, 0.15) is 0 Å². The SMILES string of the molecule is COC(=O)c1cc([N+](=O)[O-])c(O[C@](C)(C(=O)OC)c2ccccc2)cc1C(F)(F)F. The van der Waals surface area contributed by atoms with Gasteiger partial charge in [-0.1, -0.05) is 30.3 Å². The quantitative estimate of drug-likeness (QED) is 0.392. The van der Waals surface area contributed by atoms with Crippen LogP contribution < -0.4 is 4.74 Å². The van der Waals surface area contributed by atoms with Crippen molar-refractivity contribution in [2.24, 2.45) is 0 Å². The number of ether oxygens (including phenoxy) is 3. The minimum atomic E-state index is -5.06. The number of nitro groups is 1. The van der Waals surface area contributed by atoms with E-state index >= 15 is 0 Å². The Morgan fingerprint density at radius 1 is 1.03 bits per heavy atom. The number of hydrogen-bond donors (Lipinski definition) is 0. The molecule has 30 heavy (non-hydrogen) atoms. The number of carbonyl (C=O) groups excluding carboxylic acids is 2. The molecule has 160 valence electrons. The Kier molecular flexibility index (Phi) is 6.34. The summed E-state index contributed by atoms with van der Waals surface area (Å²) in [5.41, 5.74) is -5.39. The maximum atomic E-state index is 13.5. The predicted octanol–water partition coefficient (Wildman–Crippen LogP) is 3.87. The second-order valence-corrected chi connectivity index (χ2v) is 6.10. The van der Waals surface area contributed by atoms with Crippen LogP contribution in [0.1, 0.15) is 28.4 Å². The fraction of sp³-hybridized carbons (Fsp3) is 0.263. The van der Waals surface area contributed by atoms with Gasteiger partial charge in [0.15, 0.2) is 5.75 Å². The van der Waals surface area contributed by atoms with Gasteiger partial charge in [-0.3, -0.25) is 10.1 Å². The summed E-state index contributed by atoms with van der Waals surface area (Å²) in [5.74, 6) is -3.30. The van der Waals surface area contributed by atoms with Crippen molar-refractivity contribution in [1.29, 1.82) is 0 Å². The minimum absolute atomic E-state index is 0.178. The van der Waals surface area contributed by atoms with Crippen molar-refractivity contribution >= 4 is 17.6 Å². The van der Waals surface area contributed by atoms with Crippen LogP contribution in [0.4, 0.5) is 18.9 Å². The molecule has 0 heterocycles. The summed E-state index contributed by atoms with van der Waals surface area (Å²) in [5, 5.41) is 11.5. The Bertz CT molecular complexity index is 976. The van der Waals surface area contributed by atoms with E-state index in [1.807, 2.05) is 0 Å². The molecule has 0 aliphatic heterocycles. The number of nitrogens with zero attached hydrogens (tertiary/aromatic N) is 1. The van der Waals surface area contributed by atoms with Crippen molar-refractivity contribution < 1.29 is 41.9 Å². The molecule has 0 radical (unpaired) electrons. The number of esters is 2. The molecule has 0 N–H and O–H groups in total. The number of carbonyl (C=O) groups is 2. The van der Waals surface area contributed by atoms with Crippen molar-refractivity contribution in [2.75, 3.05) is 14.2 Å². The number of hydrogen-bond acceptors (Lipinski definition) is 7. The van der Waals surface area contributed by atoms with Gasteiger partial charge in [0.2, 0.25) is 5.60 Å². The van der Waals surface area contributed by atoms with Crippen LogP contribution in [0.3, 0.4) is 0 Å². The second kappa shape index (κ2) is 8.39. The molecule has 2 aromatic carbocycles. The van der Waals surface area contributed by atoms with Gasteiger partial charge >= 0.3 is 23.8 Å². The molecule has 0 saturated heterocycles. The first-order valence-corrected chi connectivity index (χ1v) is 8.26. The third-order valence-electron chi connectivity index (χ3n) is 4.22. The summed E-state index contributed by atoms with van der Waals surface area (Å²) in [6.07, 6.45) is -5.06. The summed E-state index contributed by atoms with van der Waals surface area (Å²) in [6, 6.07) is 8.26. The van der Waals surface area contributed by atoms with E-state index in [0.29, 0.717) is 6.07 Å². The van der Waals surface area contributed by atoms with Gasteiger partial charge in [0.05, 0.1) is 30.3 Å². The highest BCUT2D eigenvalue weighted by Crippen LogP contribution is 2.42. The Labute approximate surface area is 168 Å². The lowest BCUT2D eigenvalue weighted by Gasteiger charge is -2.28. The van der Waals surface area contributed by atoms with E-state index in [2.05, 4.69) is 9.47 Å². The van der Waals surface area contributed by atoms with E-state index in [9.17, 15) is 32.9 Å². The standard InChI is InChI=1S/C19H16F3NO7/c1-18(17(25)29-3,11-7-5-4-6-8-11)30-15-10-13(19(20,21)22)12(16(24)28-2)9-14(15)23(26)27/h4-10H,1-3H3/t18-/m0/s1. The highest BCUT2D eigenvalue weighted by atomic mass is 19.4. The Morgan fingerprint density at radius 2 is 1.63 bits per heavy atom. The van der Waals surface area contributed by atoms with Gasteiger partial charge in [0.25, 0.3) is 0 Å². The van der Waals surface area contributed by atoms with Crippen LogP contribution in [0.5, 0.6) is 5.75 Å². The summed E-state index contributed by atoms with van der Waals surface area (Å²) in [4.78, 5) is 34.6. The molecule has 0 bridgehead atoms. The van der Waals surface area contributed by atoms with Crippen LogP contribution in [0.25, 0.3) is 0 Å². The van der Waals surface area contributed by atoms with Gasteiger partial charge in [0, 0.05) is 17.7 Å². The highest BCUT2D eigenvalue weighted by Gasteiger charge is 2.43.